The van der Waals surface area contributed by atoms with Crippen LogP contribution >= 0.6 is 15.9 Å². The monoisotopic (exact) mass is 297 g/mol. The molecule has 1 heterocycles. The molecule has 2 unspecified atom stereocenters. The summed E-state index contributed by atoms with van der Waals surface area (Å²) >= 11 is 3.41. The van der Waals surface area contributed by atoms with E-state index < -0.39 is 11.5 Å². The van der Waals surface area contributed by atoms with Crippen molar-refractivity contribution in [1.82, 2.24) is 5.32 Å². The maximum Gasteiger partial charge on any atom is 0.323 e. The van der Waals surface area contributed by atoms with E-state index in [9.17, 15) is 4.79 Å². The summed E-state index contributed by atoms with van der Waals surface area (Å²) in [4.78, 5) is 11.1. The van der Waals surface area contributed by atoms with Crippen LogP contribution in [0.5, 0.6) is 0 Å². The predicted molar refractivity (Wildman–Crippen MR) is 70.0 cm³/mol. The normalized spacial score (nSPS) is 28.2. The van der Waals surface area contributed by atoms with Crippen molar-refractivity contribution in [1.29, 1.82) is 0 Å². The van der Waals surface area contributed by atoms with Gasteiger partial charge in [0.15, 0.2) is 0 Å². The van der Waals surface area contributed by atoms with E-state index in [-0.39, 0.29) is 0 Å². The first kappa shape index (κ1) is 12.6. The van der Waals surface area contributed by atoms with Gasteiger partial charge in [-0.05, 0) is 49.9 Å². The Labute approximate surface area is 109 Å². The SMILES string of the molecule is CC1(C(=O)O)CC(Cc2ccc(Br)cc2)CN1. The summed E-state index contributed by atoms with van der Waals surface area (Å²) in [6.07, 6.45) is 1.63. The molecule has 1 saturated heterocycles. The van der Waals surface area contributed by atoms with Gasteiger partial charge in [0.1, 0.15) is 5.54 Å². The number of rotatable bonds is 3. The van der Waals surface area contributed by atoms with Crippen LogP contribution in [0.2, 0.25) is 0 Å². The number of carboxylic acids is 1. The molecule has 92 valence electrons. The average molecular weight is 298 g/mol. The molecule has 0 aliphatic carbocycles. The predicted octanol–water partition coefficient (Wildman–Crippen LogP) is 2.44. The third-order valence-corrected chi connectivity index (χ3v) is 3.92. The Balaban J connectivity index is 1.98. The molecule has 1 fully saturated rings. The van der Waals surface area contributed by atoms with Gasteiger partial charge in [-0.15, -0.1) is 0 Å². The lowest BCUT2D eigenvalue weighted by molar-refractivity contribution is -0.143. The quantitative estimate of drug-likeness (QED) is 0.901. The Kier molecular flexibility index (Phi) is 3.54. The van der Waals surface area contributed by atoms with Gasteiger partial charge in [-0.25, -0.2) is 0 Å². The second kappa shape index (κ2) is 4.78. The Bertz CT molecular complexity index is 418. The summed E-state index contributed by atoms with van der Waals surface area (Å²) in [6.45, 7) is 2.54. The van der Waals surface area contributed by atoms with Crippen molar-refractivity contribution in [2.45, 2.75) is 25.3 Å². The van der Waals surface area contributed by atoms with Crippen LogP contribution < -0.4 is 5.32 Å². The fourth-order valence-electron chi connectivity index (χ4n) is 2.35. The van der Waals surface area contributed by atoms with Gasteiger partial charge in [0.25, 0.3) is 0 Å². The number of carboxylic acid groups (broad SMARTS) is 1. The molecule has 2 N–H and O–H groups in total. The minimum atomic E-state index is -0.754. The van der Waals surface area contributed by atoms with Crippen molar-refractivity contribution in [3.05, 3.63) is 34.3 Å². The molecule has 0 amide bonds. The number of benzene rings is 1. The fourth-order valence-corrected chi connectivity index (χ4v) is 2.62. The topological polar surface area (TPSA) is 49.3 Å². The largest absolute Gasteiger partial charge is 0.480 e. The van der Waals surface area contributed by atoms with Crippen LogP contribution in [0.3, 0.4) is 0 Å². The molecule has 2 rings (SSSR count). The van der Waals surface area contributed by atoms with Gasteiger partial charge >= 0.3 is 5.97 Å². The number of carbonyl (C=O) groups is 1. The number of aliphatic carboxylic acids is 1. The summed E-state index contributed by atoms with van der Waals surface area (Å²) < 4.78 is 1.07. The van der Waals surface area contributed by atoms with E-state index in [0.29, 0.717) is 12.3 Å². The molecule has 1 aromatic carbocycles. The van der Waals surface area contributed by atoms with Crippen molar-refractivity contribution in [2.75, 3.05) is 6.54 Å². The van der Waals surface area contributed by atoms with Gasteiger partial charge in [-0.3, -0.25) is 4.79 Å². The first-order valence-electron chi connectivity index (χ1n) is 5.72. The molecule has 1 aliphatic heterocycles. The van der Waals surface area contributed by atoms with Crippen LogP contribution in [0.15, 0.2) is 28.7 Å². The van der Waals surface area contributed by atoms with Crippen molar-refractivity contribution in [3.63, 3.8) is 0 Å². The summed E-state index contributed by atoms with van der Waals surface area (Å²) in [5.74, 6) is -0.354. The van der Waals surface area contributed by atoms with Crippen LogP contribution in [-0.2, 0) is 11.2 Å². The third-order valence-electron chi connectivity index (χ3n) is 3.39. The number of hydrogen-bond acceptors (Lipinski definition) is 2. The van der Waals surface area contributed by atoms with Crippen LogP contribution in [0.4, 0.5) is 0 Å². The molecule has 0 aromatic heterocycles. The van der Waals surface area contributed by atoms with Crippen LogP contribution in [0.1, 0.15) is 18.9 Å². The van der Waals surface area contributed by atoms with Crippen molar-refractivity contribution < 1.29 is 9.90 Å². The van der Waals surface area contributed by atoms with E-state index in [2.05, 4.69) is 33.4 Å². The second-order valence-electron chi connectivity index (χ2n) is 4.92. The zero-order valence-corrected chi connectivity index (χ0v) is 11.3. The molecule has 17 heavy (non-hydrogen) atoms. The highest BCUT2D eigenvalue weighted by Crippen LogP contribution is 2.27. The molecule has 0 radical (unpaired) electrons. The molecule has 0 spiro atoms. The standard InChI is InChI=1S/C13H16BrNO2/c1-13(12(16)17)7-10(8-15-13)6-9-2-4-11(14)5-3-9/h2-5,10,15H,6-8H2,1H3,(H,16,17). The maximum atomic E-state index is 11.1. The van der Waals surface area contributed by atoms with E-state index in [1.165, 1.54) is 5.56 Å². The summed E-state index contributed by atoms with van der Waals surface area (Å²) in [5, 5.41) is 12.2. The van der Waals surface area contributed by atoms with Gasteiger partial charge in [-0.2, -0.15) is 0 Å². The molecule has 0 bridgehead atoms. The lowest BCUT2D eigenvalue weighted by Gasteiger charge is -2.18. The highest BCUT2D eigenvalue weighted by molar-refractivity contribution is 9.10. The van der Waals surface area contributed by atoms with E-state index in [1.54, 1.807) is 6.92 Å². The fraction of sp³-hybridized carbons (Fsp3) is 0.462. The Morgan fingerprint density at radius 2 is 2.18 bits per heavy atom. The van der Waals surface area contributed by atoms with Crippen molar-refractivity contribution in [2.24, 2.45) is 5.92 Å². The zero-order chi connectivity index (χ0) is 12.5. The van der Waals surface area contributed by atoms with E-state index in [4.69, 9.17) is 5.11 Å². The molecule has 4 heteroatoms. The molecule has 2 atom stereocenters. The molecular formula is C13H16BrNO2. The van der Waals surface area contributed by atoms with Crippen molar-refractivity contribution in [3.8, 4) is 0 Å². The van der Waals surface area contributed by atoms with E-state index in [1.807, 2.05) is 12.1 Å². The Hall–Kier alpha value is -0.870. The lowest BCUT2D eigenvalue weighted by Crippen LogP contribution is -2.44. The van der Waals surface area contributed by atoms with Crippen LogP contribution in [0.25, 0.3) is 0 Å². The lowest BCUT2D eigenvalue weighted by atomic mass is 9.91. The smallest absolute Gasteiger partial charge is 0.323 e. The Morgan fingerprint density at radius 3 is 2.71 bits per heavy atom. The van der Waals surface area contributed by atoms with Gasteiger partial charge in [0.2, 0.25) is 0 Å². The van der Waals surface area contributed by atoms with Gasteiger partial charge in [0.05, 0.1) is 0 Å². The van der Waals surface area contributed by atoms with Crippen molar-refractivity contribution >= 4 is 21.9 Å². The average Bonchev–Trinajstić information content (AvgIpc) is 2.65. The van der Waals surface area contributed by atoms with Gasteiger partial charge in [-0.1, -0.05) is 28.1 Å². The highest BCUT2D eigenvalue weighted by atomic mass is 79.9. The minimum Gasteiger partial charge on any atom is -0.480 e. The molecule has 1 aliphatic rings. The summed E-state index contributed by atoms with van der Waals surface area (Å²) in [6, 6.07) is 8.21. The summed E-state index contributed by atoms with van der Waals surface area (Å²) in [5.41, 5.74) is 0.509. The van der Waals surface area contributed by atoms with Crippen LogP contribution in [-0.4, -0.2) is 23.2 Å². The number of halogens is 1. The number of hydrogen-bond donors (Lipinski definition) is 2. The molecule has 3 nitrogen and oxygen atoms in total. The van der Waals surface area contributed by atoms with Crippen LogP contribution in [0, 0.1) is 5.92 Å². The zero-order valence-electron chi connectivity index (χ0n) is 9.74. The van der Waals surface area contributed by atoms with E-state index >= 15 is 0 Å². The Morgan fingerprint density at radius 1 is 1.53 bits per heavy atom. The second-order valence-corrected chi connectivity index (χ2v) is 5.83. The van der Waals surface area contributed by atoms with E-state index in [0.717, 1.165) is 17.4 Å². The highest BCUT2D eigenvalue weighted by Gasteiger charge is 2.40. The maximum absolute atomic E-state index is 11.1. The molecule has 0 saturated carbocycles. The minimum absolute atomic E-state index is 0.400. The van der Waals surface area contributed by atoms with Gasteiger partial charge in [0, 0.05) is 4.47 Å². The third kappa shape index (κ3) is 2.87. The summed E-state index contributed by atoms with van der Waals surface area (Å²) in [7, 11) is 0. The number of nitrogens with one attached hydrogen (secondary N) is 1. The molecular weight excluding hydrogens is 282 g/mol. The molecule has 1 aromatic rings. The van der Waals surface area contributed by atoms with Gasteiger partial charge < -0.3 is 10.4 Å². The first-order valence-corrected chi connectivity index (χ1v) is 6.52. The first-order chi connectivity index (χ1) is 7.99.